The van der Waals surface area contributed by atoms with Gasteiger partial charge in [-0.2, -0.15) is 4.98 Å². The molecule has 8 nitrogen and oxygen atoms in total. The number of aryl methyl sites for hydroxylation is 1. The maximum absolute atomic E-state index is 14.0. The van der Waals surface area contributed by atoms with E-state index in [0.29, 0.717) is 46.6 Å². The van der Waals surface area contributed by atoms with E-state index in [9.17, 15) is 9.18 Å². The number of halogens is 2. The van der Waals surface area contributed by atoms with Gasteiger partial charge in [0.1, 0.15) is 23.5 Å². The van der Waals surface area contributed by atoms with Crippen LogP contribution in [0.2, 0.25) is 5.02 Å². The lowest BCUT2D eigenvalue weighted by Gasteiger charge is -2.28. The van der Waals surface area contributed by atoms with Gasteiger partial charge in [0.05, 0.1) is 30.0 Å². The van der Waals surface area contributed by atoms with Gasteiger partial charge in [-0.15, -0.1) is 0 Å². The number of benzene rings is 2. The molecule has 0 spiro atoms. The normalized spacial score (nSPS) is 14.6. The number of anilines is 1. The zero-order chi connectivity index (χ0) is 27.1. The number of amides is 1. The molecule has 0 aliphatic carbocycles. The van der Waals surface area contributed by atoms with Gasteiger partial charge < -0.3 is 9.30 Å². The van der Waals surface area contributed by atoms with Gasteiger partial charge in [0.2, 0.25) is 5.88 Å². The molecule has 1 aliphatic heterocycles. The van der Waals surface area contributed by atoms with Crippen LogP contribution in [0.25, 0.3) is 16.2 Å². The molecule has 0 radical (unpaired) electrons. The smallest absolute Gasteiger partial charge is 0.279 e. The number of methoxy groups -OCH3 is 1. The van der Waals surface area contributed by atoms with Gasteiger partial charge in [0.25, 0.3) is 5.91 Å². The Bertz CT molecular complexity index is 1590. The Labute approximate surface area is 224 Å². The molecule has 1 atom stereocenters. The van der Waals surface area contributed by atoms with Crippen LogP contribution in [0.15, 0.2) is 48.7 Å². The minimum Gasteiger partial charge on any atom is -0.480 e. The van der Waals surface area contributed by atoms with Crippen LogP contribution in [0.3, 0.4) is 0 Å². The summed E-state index contributed by atoms with van der Waals surface area (Å²) in [6.45, 7) is 13.3. The molecule has 38 heavy (non-hydrogen) atoms. The second kappa shape index (κ2) is 9.88. The van der Waals surface area contributed by atoms with Crippen molar-refractivity contribution in [1.82, 2.24) is 19.5 Å². The van der Waals surface area contributed by atoms with E-state index in [1.807, 2.05) is 37.5 Å². The van der Waals surface area contributed by atoms with E-state index in [0.717, 1.165) is 5.56 Å². The number of rotatable bonds is 6. The van der Waals surface area contributed by atoms with Crippen molar-refractivity contribution in [2.45, 2.75) is 39.3 Å². The third-order valence-electron chi connectivity index (χ3n) is 6.48. The molecule has 0 saturated carbocycles. The van der Waals surface area contributed by atoms with Crippen LogP contribution in [0, 0.1) is 12.4 Å². The van der Waals surface area contributed by atoms with E-state index in [-0.39, 0.29) is 22.7 Å². The monoisotopic (exact) mass is 530 g/mol. The highest BCUT2D eigenvalue weighted by Crippen LogP contribution is 2.46. The summed E-state index contributed by atoms with van der Waals surface area (Å²) in [7, 11) is 1.54. The molecule has 1 amide bonds. The molecule has 0 bridgehead atoms. The summed E-state index contributed by atoms with van der Waals surface area (Å²) < 4.78 is 21.6. The first-order valence-corrected chi connectivity index (χ1v) is 12.4. The number of nitrogens with zero attached hydrogens (tertiary/aromatic N) is 6. The van der Waals surface area contributed by atoms with Gasteiger partial charge in [-0.3, -0.25) is 9.69 Å². The van der Waals surface area contributed by atoms with E-state index in [2.05, 4.69) is 14.8 Å². The number of imidazole rings is 1. The highest BCUT2D eigenvalue weighted by atomic mass is 35.5. The van der Waals surface area contributed by atoms with E-state index < -0.39 is 11.9 Å². The number of hydrogen-bond donors (Lipinski definition) is 0. The third kappa shape index (κ3) is 4.07. The highest BCUT2D eigenvalue weighted by Gasteiger charge is 2.45. The van der Waals surface area contributed by atoms with Crippen molar-refractivity contribution in [1.29, 1.82) is 0 Å². The fourth-order valence-corrected chi connectivity index (χ4v) is 4.92. The summed E-state index contributed by atoms with van der Waals surface area (Å²) in [5.74, 6) is 0.585. The third-order valence-corrected chi connectivity index (χ3v) is 6.77. The van der Waals surface area contributed by atoms with E-state index >= 15 is 0 Å². The minimum absolute atomic E-state index is 0.0905. The highest BCUT2D eigenvalue weighted by molar-refractivity contribution is 6.31. The largest absolute Gasteiger partial charge is 0.480 e. The molecule has 192 valence electrons. The van der Waals surface area contributed by atoms with Crippen LogP contribution in [0.1, 0.15) is 60.4 Å². The molecule has 1 unspecified atom stereocenters. The first kappa shape index (κ1) is 25.4. The number of hydrogen-bond acceptors (Lipinski definition) is 5. The Morgan fingerprint density at radius 3 is 2.53 bits per heavy atom. The van der Waals surface area contributed by atoms with Gasteiger partial charge in [-0.05, 0) is 37.6 Å². The van der Waals surface area contributed by atoms with Crippen LogP contribution in [-0.2, 0) is 6.42 Å². The topological polar surface area (TPSA) is 77.5 Å². The van der Waals surface area contributed by atoms with Crippen molar-refractivity contribution in [2.24, 2.45) is 0 Å². The quantitative estimate of drug-likeness (QED) is 0.263. The Morgan fingerprint density at radius 1 is 1.18 bits per heavy atom. The molecule has 0 N–H and O–H groups in total. The fourth-order valence-electron chi connectivity index (χ4n) is 4.75. The second-order valence-electron chi connectivity index (χ2n) is 9.08. The Kier molecular flexibility index (Phi) is 6.59. The van der Waals surface area contributed by atoms with Crippen molar-refractivity contribution < 1.29 is 13.9 Å². The zero-order valence-electron chi connectivity index (χ0n) is 21.2. The van der Waals surface area contributed by atoms with Crippen LogP contribution < -0.4 is 9.64 Å². The molecule has 10 heteroatoms. The predicted molar refractivity (Wildman–Crippen MR) is 142 cm³/mol. The molecule has 1 aliphatic rings. The summed E-state index contributed by atoms with van der Waals surface area (Å²) in [6.07, 6.45) is 2.31. The summed E-state index contributed by atoms with van der Waals surface area (Å²) in [4.78, 5) is 32.8. The van der Waals surface area contributed by atoms with Gasteiger partial charge in [-0.1, -0.05) is 42.8 Å². The van der Waals surface area contributed by atoms with Crippen molar-refractivity contribution in [3.8, 4) is 17.3 Å². The molecule has 2 aromatic carbocycles. The molecule has 0 saturated heterocycles. The lowest BCUT2D eigenvalue weighted by atomic mass is 10.0. The molecular weight excluding hydrogens is 507 g/mol. The Balaban J connectivity index is 1.77. The molecule has 2 aromatic heterocycles. The zero-order valence-corrected chi connectivity index (χ0v) is 22.0. The Hall–Kier alpha value is -4.29. The van der Waals surface area contributed by atoms with Crippen LogP contribution in [0.5, 0.6) is 5.88 Å². The first-order valence-electron chi connectivity index (χ1n) is 12.1. The number of carbonyl (C=O) groups is 1. The fraction of sp³-hybridized carbons (Fsp3) is 0.250. The van der Waals surface area contributed by atoms with E-state index in [4.69, 9.17) is 27.9 Å². The summed E-state index contributed by atoms with van der Waals surface area (Å²) in [5.41, 5.74) is 3.17. The average Bonchev–Trinajstić information content (AvgIpc) is 3.45. The minimum atomic E-state index is -0.607. The van der Waals surface area contributed by atoms with E-state index in [1.54, 1.807) is 23.2 Å². The van der Waals surface area contributed by atoms with E-state index in [1.165, 1.54) is 25.3 Å². The molecule has 4 aromatic rings. The van der Waals surface area contributed by atoms with Gasteiger partial charge >= 0.3 is 0 Å². The lowest BCUT2D eigenvalue weighted by molar-refractivity contribution is 0.0989. The average molecular weight is 531 g/mol. The number of fused-ring (bicyclic) bond motifs is 1. The number of carbonyl (C=O) groups excluding carboxylic acids is 1. The molecule has 5 rings (SSSR count). The number of aromatic nitrogens is 4. The maximum Gasteiger partial charge on any atom is 0.279 e. The van der Waals surface area contributed by atoms with Crippen molar-refractivity contribution in [2.75, 3.05) is 12.0 Å². The first-order chi connectivity index (χ1) is 18.3. The number of ether oxygens (including phenoxy) is 1. The van der Waals surface area contributed by atoms with Gasteiger partial charge in [-0.25, -0.2) is 19.2 Å². The standard InChI is InChI=1S/C28H24ClFN6O2/c1-6-22-32-14-19(27(33-22)38-5)26-34-23-25(35(26)15(2)3)24(16-7-9-17(31-4)10-8-16)36(28(23)37)18-11-12-21(30)20(29)13-18/h7-15,24H,6H2,1-3,5H3. The Morgan fingerprint density at radius 2 is 1.92 bits per heavy atom. The molecular formula is C28H24ClFN6O2. The summed E-state index contributed by atoms with van der Waals surface area (Å²) in [6, 6.07) is 10.5. The van der Waals surface area contributed by atoms with Crippen molar-refractivity contribution >= 4 is 28.9 Å². The van der Waals surface area contributed by atoms with Gasteiger partial charge in [0.15, 0.2) is 11.4 Å². The summed E-state index contributed by atoms with van der Waals surface area (Å²) in [5, 5.41) is -0.0905. The predicted octanol–water partition coefficient (Wildman–Crippen LogP) is 6.59. The van der Waals surface area contributed by atoms with Crippen LogP contribution >= 0.6 is 11.6 Å². The lowest BCUT2D eigenvalue weighted by Crippen LogP contribution is -2.30. The van der Waals surface area contributed by atoms with Crippen molar-refractivity contribution in [3.05, 3.63) is 93.7 Å². The SMILES string of the molecule is [C-]#[N+]c1ccc(C2c3c(nc(-c4cnc(CC)nc4OC)n3C(C)C)C(=O)N2c2ccc(F)c(Cl)c2)cc1. The summed E-state index contributed by atoms with van der Waals surface area (Å²) >= 11 is 6.11. The van der Waals surface area contributed by atoms with Crippen molar-refractivity contribution in [3.63, 3.8) is 0 Å². The van der Waals surface area contributed by atoms with Crippen LogP contribution in [-0.4, -0.2) is 32.5 Å². The maximum atomic E-state index is 14.0. The van der Waals surface area contributed by atoms with Gasteiger partial charge in [0, 0.05) is 24.3 Å². The second-order valence-corrected chi connectivity index (χ2v) is 9.48. The molecule has 3 heterocycles. The molecule has 0 fully saturated rings. The van der Waals surface area contributed by atoms with Crippen LogP contribution in [0.4, 0.5) is 15.8 Å².